The van der Waals surface area contributed by atoms with E-state index in [1.165, 1.54) is 18.2 Å². The van der Waals surface area contributed by atoms with E-state index in [1.54, 1.807) is 7.05 Å². The first-order valence-corrected chi connectivity index (χ1v) is 5.55. The van der Waals surface area contributed by atoms with E-state index in [0.717, 1.165) is 0 Å². The highest BCUT2D eigenvalue weighted by Crippen LogP contribution is 2.24. The topological polar surface area (TPSA) is 50.4 Å². The van der Waals surface area contributed by atoms with E-state index in [0.29, 0.717) is 10.6 Å². The third kappa shape index (κ3) is 4.85. The zero-order chi connectivity index (χ0) is 13.5. The fourth-order valence-corrected chi connectivity index (χ4v) is 1.51. The first-order valence-electron chi connectivity index (χ1n) is 5.17. The van der Waals surface area contributed by atoms with Gasteiger partial charge in [0.2, 0.25) is 5.91 Å². The molecule has 0 heterocycles. The Morgan fingerprint density at radius 3 is 2.83 bits per heavy atom. The molecule has 0 saturated heterocycles. The van der Waals surface area contributed by atoms with Crippen molar-refractivity contribution in [3.63, 3.8) is 0 Å². The summed E-state index contributed by atoms with van der Waals surface area (Å²) in [7, 11) is 1.63. The molecule has 0 spiro atoms. The van der Waals surface area contributed by atoms with Gasteiger partial charge in [-0.15, -0.1) is 0 Å². The Morgan fingerprint density at radius 2 is 2.22 bits per heavy atom. The van der Waals surface area contributed by atoms with Gasteiger partial charge in [-0.25, -0.2) is 0 Å². The van der Waals surface area contributed by atoms with E-state index < -0.39 is 6.61 Å². The lowest BCUT2D eigenvalue weighted by atomic mass is 10.2. The lowest BCUT2D eigenvalue weighted by Crippen LogP contribution is -2.31. The number of ether oxygens (including phenoxy) is 1. The van der Waals surface area contributed by atoms with Gasteiger partial charge in [-0.2, -0.15) is 8.78 Å². The highest BCUT2D eigenvalue weighted by molar-refractivity contribution is 6.30. The molecule has 2 N–H and O–H groups in total. The summed E-state index contributed by atoms with van der Waals surface area (Å²) < 4.78 is 28.7. The molecule has 0 aromatic heterocycles. The Labute approximate surface area is 108 Å². The fourth-order valence-electron chi connectivity index (χ4n) is 1.31. The molecule has 100 valence electrons. The molecule has 0 aliphatic carbocycles. The van der Waals surface area contributed by atoms with Crippen molar-refractivity contribution in [3.05, 3.63) is 28.8 Å². The van der Waals surface area contributed by atoms with Crippen LogP contribution in [0.25, 0.3) is 0 Å². The second-order valence-corrected chi connectivity index (χ2v) is 3.87. The average Bonchev–Trinajstić information content (AvgIpc) is 2.29. The van der Waals surface area contributed by atoms with Crippen molar-refractivity contribution in [2.24, 2.45) is 0 Å². The van der Waals surface area contributed by atoms with Gasteiger partial charge in [0.05, 0.1) is 6.54 Å². The van der Waals surface area contributed by atoms with Crippen molar-refractivity contribution in [1.82, 2.24) is 10.6 Å². The molecule has 1 rings (SSSR count). The molecule has 0 atom stereocenters. The number of benzene rings is 1. The molecule has 0 bridgehead atoms. The lowest BCUT2D eigenvalue weighted by Gasteiger charge is -2.12. The van der Waals surface area contributed by atoms with Gasteiger partial charge in [0.15, 0.2) is 0 Å². The van der Waals surface area contributed by atoms with Gasteiger partial charge in [-0.1, -0.05) is 11.6 Å². The van der Waals surface area contributed by atoms with Crippen LogP contribution in [0.4, 0.5) is 8.78 Å². The predicted molar refractivity (Wildman–Crippen MR) is 63.9 cm³/mol. The summed E-state index contributed by atoms with van der Waals surface area (Å²) >= 11 is 5.76. The van der Waals surface area contributed by atoms with E-state index in [-0.39, 0.29) is 24.7 Å². The Morgan fingerprint density at radius 1 is 1.50 bits per heavy atom. The summed E-state index contributed by atoms with van der Waals surface area (Å²) in [4.78, 5) is 11.2. The second-order valence-electron chi connectivity index (χ2n) is 3.44. The minimum atomic E-state index is -2.92. The van der Waals surface area contributed by atoms with E-state index in [2.05, 4.69) is 15.4 Å². The molecule has 0 aliphatic heterocycles. The molecule has 18 heavy (non-hydrogen) atoms. The first kappa shape index (κ1) is 14.7. The van der Waals surface area contributed by atoms with Gasteiger partial charge >= 0.3 is 6.61 Å². The third-order valence-electron chi connectivity index (χ3n) is 2.05. The van der Waals surface area contributed by atoms with E-state index in [9.17, 15) is 13.6 Å². The number of carbonyl (C=O) groups is 1. The third-order valence-corrected chi connectivity index (χ3v) is 2.29. The maximum Gasteiger partial charge on any atom is 0.387 e. The minimum absolute atomic E-state index is 0.000780. The fraction of sp³-hybridized carbons (Fsp3) is 0.364. The summed E-state index contributed by atoms with van der Waals surface area (Å²) in [5, 5.41) is 5.61. The molecule has 7 heteroatoms. The lowest BCUT2D eigenvalue weighted by molar-refractivity contribution is -0.120. The zero-order valence-corrected chi connectivity index (χ0v) is 10.4. The molecule has 0 saturated carbocycles. The van der Waals surface area contributed by atoms with Crippen LogP contribution in [0, 0.1) is 0 Å². The summed E-state index contributed by atoms with van der Waals surface area (Å²) in [5.41, 5.74) is 0.396. The van der Waals surface area contributed by atoms with Gasteiger partial charge in [0, 0.05) is 17.1 Å². The van der Waals surface area contributed by atoms with Crippen molar-refractivity contribution in [1.29, 1.82) is 0 Å². The van der Waals surface area contributed by atoms with E-state index in [1.807, 2.05) is 0 Å². The Balaban J connectivity index is 2.72. The van der Waals surface area contributed by atoms with Gasteiger partial charge in [-0.05, 0) is 25.2 Å². The smallest absolute Gasteiger partial charge is 0.387 e. The molecule has 0 fully saturated rings. The van der Waals surface area contributed by atoms with Crippen LogP contribution in [-0.2, 0) is 11.3 Å². The molecular weight excluding hydrogens is 266 g/mol. The monoisotopic (exact) mass is 278 g/mol. The van der Waals surface area contributed by atoms with Crippen LogP contribution in [0.3, 0.4) is 0 Å². The van der Waals surface area contributed by atoms with Crippen LogP contribution in [0.2, 0.25) is 5.02 Å². The zero-order valence-electron chi connectivity index (χ0n) is 9.67. The number of likely N-dealkylation sites (N-methyl/N-ethyl adjacent to an activating group) is 1. The Hall–Kier alpha value is -1.40. The Kier molecular flexibility index (Phi) is 5.80. The van der Waals surface area contributed by atoms with Crippen LogP contribution < -0.4 is 15.4 Å². The second kappa shape index (κ2) is 7.13. The normalized spacial score (nSPS) is 10.5. The highest BCUT2D eigenvalue weighted by atomic mass is 35.5. The van der Waals surface area contributed by atoms with Crippen molar-refractivity contribution in [2.75, 3.05) is 13.6 Å². The van der Waals surface area contributed by atoms with Gasteiger partial charge in [0.25, 0.3) is 0 Å². The van der Waals surface area contributed by atoms with Gasteiger partial charge in [-0.3, -0.25) is 4.79 Å². The van der Waals surface area contributed by atoms with Crippen LogP contribution >= 0.6 is 11.6 Å². The first-order chi connectivity index (χ1) is 8.52. The largest absolute Gasteiger partial charge is 0.434 e. The van der Waals surface area contributed by atoms with Crippen molar-refractivity contribution in [2.45, 2.75) is 13.2 Å². The molecule has 4 nitrogen and oxygen atoms in total. The maximum absolute atomic E-state index is 12.2. The van der Waals surface area contributed by atoms with Gasteiger partial charge < -0.3 is 15.4 Å². The van der Waals surface area contributed by atoms with Crippen molar-refractivity contribution < 1.29 is 18.3 Å². The van der Waals surface area contributed by atoms with Crippen molar-refractivity contribution in [3.8, 4) is 5.75 Å². The summed E-state index contributed by atoms with van der Waals surface area (Å²) in [6, 6.07) is 4.26. The maximum atomic E-state index is 12.2. The summed E-state index contributed by atoms with van der Waals surface area (Å²) in [6.07, 6.45) is 0. The minimum Gasteiger partial charge on any atom is -0.434 e. The Bertz CT molecular complexity index is 416. The molecule has 0 aliphatic rings. The quantitative estimate of drug-likeness (QED) is 0.834. The van der Waals surface area contributed by atoms with Gasteiger partial charge in [0.1, 0.15) is 5.75 Å². The van der Waals surface area contributed by atoms with Crippen LogP contribution in [0.15, 0.2) is 18.2 Å². The summed E-state index contributed by atoms with van der Waals surface area (Å²) in [5.74, 6) is -0.250. The molecule has 0 unspecified atom stereocenters. The van der Waals surface area contributed by atoms with Crippen LogP contribution in [0.1, 0.15) is 5.56 Å². The number of amides is 1. The van der Waals surface area contributed by atoms with E-state index >= 15 is 0 Å². The number of carbonyl (C=O) groups excluding carboxylic acids is 1. The molecule has 0 radical (unpaired) electrons. The number of hydrogen-bond acceptors (Lipinski definition) is 3. The standard InChI is InChI=1S/C11H13ClF2N2O2/c1-15-6-10(17)16-5-7-4-8(12)2-3-9(7)18-11(13)14/h2-4,11,15H,5-6H2,1H3,(H,16,17). The number of alkyl halides is 2. The highest BCUT2D eigenvalue weighted by Gasteiger charge is 2.11. The van der Waals surface area contributed by atoms with Crippen LogP contribution in [-0.4, -0.2) is 26.1 Å². The SMILES string of the molecule is CNCC(=O)NCc1cc(Cl)ccc1OC(F)F. The number of rotatable bonds is 6. The average molecular weight is 279 g/mol. The molecule has 1 amide bonds. The van der Waals surface area contributed by atoms with E-state index in [4.69, 9.17) is 11.6 Å². The molecular formula is C11H13ClF2N2O2. The molecule has 1 aromatic rings. The number of hydrogen-bond donors (Lipinski definition) is 2. The number of halogens is 3. The summed E-state index contributed by atoms with van der Waals surface area (Å²) in [6.45, 7) is -2.70. The predicted octanol–water partition coefficient (Wildman–Crippen LogP) is 1.78. The molecule has 1 aromatic carbocycles. The van der Waals surface area contributed by atoms with Crippen LogP contribution in [0.5, 0.6) is 5.75 Å². The van der Waals surface area contributed by atoms with Crippen molar-refractivity contribution >= 4 is 17.5 Å². The number of nitrogens with one attached hydrogen (secondary N) is 2.